The molecule has 118 valence electrons. The average molecular weight is 328 g/mol. The fraction of sp³-hybridized carbons (Fsp3) is 0.375. The van der Waals surface area contributed by atoms with Gasteiger partial charge in [0.25, 0.3) is 5.91 Å². The van der Waals surface area contributed by atoms with E-state index >= 15 is 0 Å². The Balaban J connectivity index is 1.52. The van der Waals surface area contributed by atoms with Gasteiger partial charge in [-0.15, -0.1) is 11.3 Å². The lowest BCUT2D eigenvalue weighted by Crippen LogP contribution is -2.39. The molecule has 0 N–H and O–H groups in total. The first-order chi connectivity index (χ1) is 11.2. The molecule has 2 aromatic rings. The van der Waals surface area contributed by atoms with Gasteiger partial charge in [0.2, 0.25) is 5.91 Å². The highest BCUT2D eigenvalue weighted by molar-refractivity contribution is 7.07. The number of aromatic nitrogens is 2. The van der Waals surface area contributed by atoms with Crippen molar-refractivity contribution in [2.45, 2.75) is 31.5 Å². The van der Waals surface area contributed by atoms with Gasteiger partial charge in [0, 0.05) is 37.3 Å². The summed E-state index contributed by atoms with van der Waals surface area (Å²) in [6.07, 6.45) is 4.74. The minimum Gasteiger partial charge on any atom is -0.333 e. The number of nitrogens with zero attached hydrogens (tertiary/aromatic N) is 4. The van der Waals surface area contributed by atoms with E-state index < -0.39 is 0 Å². The van der Waals surface area contributed by atoms with Gasteiger partial charge in [-0.05, 0) is 18.1 Å². The highest BCUT2D eigenvalue weighted by atomic mass is 32.1. The molecule has 2 aliphatic heterocycles. The molecule has 4 heterocycles. The van der Waals surface area contributed by atoms with Gasteiger partial charge in [-0.1, -0.05) is 6.07 Å². The van der Waals surface area contributed by atoms with Crippen LogP contribution in [0, 0.1) is 0 Å². The van der Waals surface area contributed by atoms with E-state index in [1.807, 2.05) is 21.9 Å². The first-order valence-corrected chi connectivity index (χ1v) is 8.56. The SMILES string of the molecule is O=C(c1cscn1)N1CC[C@H]2[C@H]1CC(=O)N2Cc1cccnc1. The predicted molar refractivity (Wildman–Crippen MR) is 84.7 cm³/mol. The van der Waals surface area contributed by atoms with Crippen LogP contribution in [0.3, 0.4) is 0 Å². The monoisotopic (exact) mass is 328 g/mol. The number of carbonyl (C=O) groups excluding carboxylic acids is 2. The molecule has 0 bridgehead atoms. The van der Waals surface area contributed by atoms with E-state index in [1.165, 1.54) is 11.3 Å². The molecule has 0 radical (unpaired) electrons. The molecule has 0 aromatic carbocycles. The Morgan fingerprint density at radius 1 is 1.39 bits per heavy atom. The Hall–Kier alpha value is -2.28. The van der Waals surface area contributed by atoms with Crippen LogP contribution in [0.4, 0.5) is 0 Å². The number of amides is 2. The van der Waals surface area contributed by atoms with Crippen LogP contribution in [0.2, 0.25) is 0 Å². The molecule has 2 saturated heterocycles. The quantitative estimate of drug-likeness (QED) is 0.857. The molecule has 2 amide bonds. The number of thiazole rings is 1. The maximum Gasteiger partial charge on any atom is 0.273 e. The fourth-order valence-corrected chi connectivity index (χ4v) is 4.07. The molecule has 2 atom stereocenters. The summed E-state index contributed by atoms with van der Waals surface area (Å²) < 4.78 is 0. The van der Waals surface area contributed by atoms with Crippen molar-refractivity contribution in [2.75, 3.05) is 6.54 Å². The van der Waals surface area contributed by atoms with E-state index in [0.29, 0.717) is 25.2 Å². The average Bonchev–Trinajstić information content (AvgIpc) is 3.27. The van der Waals surface area contributed by atoms with Gasteiger partial charge in [-0.25, -0.2) is 4.98 Å². The third-order valence-electron chi connectivity index (χ3n) is 4.60. The van der Waals surface area contributed by atoms with Crippen LogP contribution < -0.4 is 0 Å². The summed E-state index contributed by atoms with van der Waals surface area (Å²) >= 11 is 1.41. The summed E-state index contributed by atoms with van der Waals surface area (Å²) in [5.74, 6) is 0.0504. The second kappa shape index (κ2) is 5.73. The summed E-state index contributed by atoms with van der Waals surface area (Å²) in [6, 6.07) is 3.92. The minimum absolute atomic E-state index is 0.0339. The number of hydrogen-bond acceptors (Lipinski definition) is 5. The lowest BCUT2D eigenvalue weighted by atomic mass is 10.1. The first kappa shape index (κ1) is 14.3. The lowest BCUT2D eigenvalue weighted by molar-refractivity contribution is -0.129. The molecule has 7 heteroatoms. The van der Waals surface area contributed by atoms with E-state index in [9.17, 15) is 9.59 Å². The molecule has 4 rings (SSSR count). The second-order valence-corrected chi connectivity index (χ2v) is 6.60. The lowest BCUT2D eigenvalue weighted by Gasteiger charge is -2.25. The Bertz CT molecular complexity index is 719. The normalized spacial score (nSPS) is 23.4. The van der Waals surface area contributed by atoms with Gasteiger partial charge < -0.3 is 9.80 Å². The van der Waals surface area contributed by atoms with Crippen molar-refractivity contribution in [3.63, 3.8) is 0 Å². The van der Waals surface area contributed by atoms with Crippen LogP contribution >= 0.6 is 11.3 Å². The summed E-state index contributed by atoms with van der Waals surface area (Å²) in [7, 11) is 0. The van der Waals surface area contributed by atoms with Crippen LogP contribution in [-0.4, -0.2) is 50.2 Å². The van der Waals surface area contributed by atoms with Crippen molar-refractivity contribution < 1.29 is 9.59 Å². The molecular weight excluding hydrogens is 312 g/mol. The Morgan fingerprint density at radius 3 is 3.04 bits per heavy atom. The Morgan fingerprint density at radius 2 is 2.30 bits per heavy atom. The summed E-state index contributed by atoms with van der Waals surface area (Å²) in [5, 5.41) is 1.76. The molecule has 2 aromatic heterocycles. The third kappa shape index (κ3) is 2.50. The Kier molecular flexibility index (Phi) is 3.57. The Labute approximate surface area is 137 Å². The van der Waals surface area contributed by atoms with Gasteiger partial charge in [0.05, 0.1) is 17.6 Å². The molecule has 0 saturated carbocycles. The largest absolute Gasteiger partial charge is 0.333 e. The summed E-state index contributed by atoms with van der Waals surface area (Å²) in [4.78, 5) is 36.9. The van der Waals surface area contributed by atoms with E-state index in [0.717, 1.165) is 12.0 Å². The smallest absolute Gasteiger partial charge is 0.273 e. The number of fused-ring (bicyclic) bond motifs is 1. The zero-order chi connectivity index (χ0) is 15.8. The molecule has 0 spiro atoms. The minimum atomic E-state index is -0.0604. The molecule has 2 fully saturated rings. The van der Waals surface area contributed by atoms with Gasteiger partial charge in [-0.3, -0.25) is 14.6 Å². The standard InChI is InChI=1S/C16H16N4O2S/c21-15-6-14-13(20(15)8-11-2-1-4-17-7-11)3-5-19(14)16(22)12-9-23-10-18-12/h1-2,4,7,9-10,13-14H,3,5-6,8H2/t13-,14+/m0/s1. The van der Waals surface area contributed by atoms with Crippen LogP contribution in [0.1, 0.15) is 28.9 Å². The number of pyridine rings is 1. The first-order valence-electron chi connectivity index (χ1n) is 7.61. The highest BCUT2D eigenvalue weighted by Crippen LogP contribution is 2.34. The van der Waals surface area contributed by atoms with E-state index in [4.69, 9.17) is 0 Å². The number of likely N-dealkylation sites (tertiary alicyclic amines) is 2. The maximum atomic E-state index is 12.6. The van der Waals surface area contributed by atoms with E-state index in [2.05, 4.69) is 9.97 Å². The number of hydrogen-bond donors (Lipinski definition) is 0. The van der Waals surface area contributed by atoms with Gasteiger partial charge >= 0.3 is 0 Å². The predicted octanol–water partition coefficient (Wildman–Crippen LogP) is 1.55. The molecule has 23 heavy (non-hydrogen) atoms. The van der Waals surface area contributed by atoms with Crippen LogP contribution in [-0.2, 0) is 11.3 Å². The zero-order valence-electron chi connectivity index (χ0n) is 12.5. The van der Waals surface area contributed by atoms with Crippen molar-refractivity contribution in [2.24, 2.45) is 0 Å². The van der Waals surface area contributed by atoms with Gasteiger partial charge in [-0.2, -0.15) is 0 Å². The highest BCUT2D eigenvalue weighted by Gasteiger charge is 2.48. The van der Waals surface area contributed by atoms with Crippen molar-refractivity contribution in [1.82, 2.24) is 19.8 Å². The fourth-order valence-electron chi connectivity index (χ4n) is 3.54. The van der Waals surface area contributed by atoms with Crippen molar-refractivity contribution in [3.05, 3.63) is 46.7 Å². The molecule has 6 nitrogen and oxygen atoms in total. The summed E-state index contributed by atoms with van der Waals surface area (Å²) in [5.41, 5.74) is 3.16. The molecule has 0 unspecified atom stereocenters. The van der Waals surface area contributed by atoms with Crippen molar-refractivity contribution >= 4 is 23.2 Å². The molecular formula is C16H16N4O2S. The van der Waals surface area contributed by atoms with E-state index in [-0.39, 0.29) is 23.9 Å². The topological polar surface area (TPSA) is 66.4 Å². The number of rotatable bonds is 3. The van der Waals surface area contributed by atoms with Crippen molar-refractivity contribution in [3.8, 4) is 0 Å². The molecule has 2 aliphatic rings. The van der Waals surface area contributed by atoms with Crippen LogP contribution in [0.5, 0.6) is 0 Å². The van der Waals surface area contributed by atoms with Gasteiger partial charge in [0.15, 0.2) is 0 Å². The third-order valence-corrected chi connectivity index (χ3v) is 5.19. The molecule has 0 aliphatic carbocycles. The maximum absolute atomic E-state index is 12.6. The zero-order valence-corrected chi connectivity index (χ0v) is 13.3. The van der Waals surface area contributed by atoms with E-state index in [1.54, 1.807) is 23.3 Å². The van der Waals surface area contributed by atoms with Crippen LogP contribution in [0.15, 0.2) is 35.4 Å². The second-order valence-electron chi connectivity index (χ2n) is 5.88. The van der Waals surface area contributed by atoms with Gasteiger partial charge in [0.1, 0.15) is 5.69 Å². The van der Waals surface area contributed by atoms with Crippen molar-refractivity contribution in [1.29, 1.82) is 0 Å². The number of carbonyl (C=O) groups is 2. The van der Waals surface area contributed by atoms with Crippen LogP contribution in [0.25, 0.3) is 0 Å². The summed E-state index contributed by atoms with van der Waals surface area (Å²) in [6.45, 7) is 1.25.